The molecule has 0 aliphatic heterocycles. The maximum atomic E-state index is 12.2. The molecule has 24 heavy (non-hydrogen) atoms. The minimum atomic E-state index is -0.291. The molecule has 132 valence electrons. The van der Waals surface area contributed by atoms with Gasteiger partial charge in [-0.25, -0.2) is 0 Å². The van der Waals surface area contributed by atoms with Crippen LogP contribution in [0.25, 0.3) is 0 Å². The molecule has 5 nitrogen and oxygen atoms in total. The van der Waals surface area contributed by atoms with Gasteiger partial charge in [0.15, 0.2) is 0 Å². The first kappa shape index (κ1) is 18.5. The van der Waals surface area contributed by atoms with Crippen LogP contribution in [0.15, 0.2) is 24.3 Å². The van der Waals surface area contributed by atoms with Gasteiger partial charge in [-0.3, -0.25) is 9.59 Å². The number of hydrogen-bond donors (Lipinski definition) is 3. The molecule has 5 heteroatoms. The van der Waals surface area contributed by atoms with E-state index in [-0.39, 0.29) is 17.4 Å². The lowest BCUT2D eigenvalue weighted by atomic mass is 9.95. The first-order chi connectivity index (χ1) is 11.3. The predicted octanol–water partition coefficient (Wildman–Crippen LogP) is 3.08. The molecular weight excluding hydrogens is 302 g/mol. The number of anilines is 1. The Kier molecular flexibility index (Phi) is 6.37. The summed E-state index contributed by atoms with van der Waals surface area (Å²) in [7, 11) is 0. The van der Waals surface area contributed by atoms with E-state index >= 15 is 0 Å². The highest BCUT2D eigenvalue weighted by atomic mass is 16.2. The maximum absolute atomic E-state index is 12.2. The molecule has 0 unspecified atom stereocenters. The van der Waals surface area contributed by atoms with Crippen LogP contribution in [0.4, 0.5) is 5.69 Å². The summed E-state index contributed by atoms with van der Waals surface area (Å²) in [5, 5.41) is 9.10. The SMILES string of the molecule is CC(C)(C)NC(=O)c1cccc(NC(=O)CNC2CCCCC2)c1. The molecule has 0 saturated heterocycles. The summed E-state index contributed by atoms with van der Waals surface area (Å²) in [6, 6.07) is 7.48. The lowest BCUT2D eigenvalue weighted by Gasteiger charge is -2.22. The monoisotopic (exact) mass is 331 g/mol. The molecule has 2 rings (SSSR count). The van der Waals surface area contributed by atoms with Crippen LogP contribution in [0.2, 0.25) is 0 Å². The van der Waals surface area contributed by atoms with E-state index in [0.29, 0.717) is 23.8 Å². The van der Waals surface area contributed by atoms with Gasteiger partial charge in [0.05, 0.1) is 6.54 Å². The van der Waals surface area contributed by atoms with Crippen molar-refractivity contribution in [3.63, 3.8) is 0 Å². The highest BCUT2D eigenvalue weighted by Crippen LogP contribution is 2.17. The van der Waals surface area contributed by atoms with E-state index in [0.717, 1.165) is 12.8 Å². The standard InChI is InChI=1S/C19H29N3O2/c1-19(2,3)22-18(24)14-8-7-11-16(12-14)21-17(23)13-20-15-9-5-4-6-10-15/h7-8,11-12,15,20H,4-6,9-10,13H2,1-3H3,(H,21,23)(H,22,24). The highest BCUT2D eigenvalue weighted by molar-refractivity contribution is 5.97. The Morgan fingerprint density at radius 3 is 2.50 bits per heavy atom. The minimum Gasteiger partial charge on any atom is -0.347 e. The predicted molar refractivity (Wildman–Crippen MR) is 97.2 cm³/mol. The van der Waals surface area contributed by atoms with Crippen molar-refractivity contribution in [2.75, 3.05) is 11.9 Å². The van der Waals surface area contributed by atoms with E-state index in [4.69, 9.17) is 0 Å². The van der Waals surface area contributed by atoms with Gasteiger partial charge in [-0.05, 0) is 51.8 Å². The Hall–Kier alpha value is -1.88. The van der Waals surface area contributed by atoms with Crippen molar-refractivity contribution in [2.45, 2.75) is 64.5 Å². The Labute approximate surface area is 144 Å². The third-order valence-corrected chi connectivity index (χ3v) is 4.05. The molecule has 0 atom stereocenters. The first-order valence-corrected chi connectivity index (χ1v) is 8.79. The van der Waals surface area contributed by atoms with Crippen molar-refractivity contribution in [2.24, 2.45) is 0 Å². The average Bonchev–Trinajstić information content (AvgIpc) is 2.52. The summed E-state index contributed by atoms with van der Waals surface area (Å²) in [6.45, 7) is 6.12. The molecule has 0 heterocycles. The van der Waals surface area contributed by atoms with Gasteiger partial charge in [-0.1, -0.05) is 25.3 Å². The fourth-order valence-corrected chi connectivity index (χ4v) is 2.90. The van der Waals surface area contributed by atoms with Crippen molar-refractivity contribution in [1.82, 2.24) is 10.6 Å². The normalized spacial score (nSPS) is 15.8. The van der Waals surface area contributed by atoms with Crippen molar-refractivity contribution < 1.29 is 9.59 Å². The summed E-state index contributed by atoms with van der Waals surface area (Å²) in [4.78, 5) is 24.3. The highest BCUT2D eigenvalue weighted by Gasteiger charge is 2.16. The van der Waals surface area contributed by atoms with Crippen LogP contribution in [0, 0.1) is 0 Å². The van der Waals surface area contributed by atoms with Gasteiger partial charge in [-0.2, -0.15) is 0 Å². The van der Waals surface area contributed by atoms with Gasteiger partial charge in [0.1, 0.15) is 0 Å². The molecule has 0 aromatic heterocycles. The zero-order valence-corrected chi connectivity index (χ0v) is 14.9. The van der Waals surface area contributed by atoms with E-state index in [1.807, 2.05) is 20.8 Å². The van der Waals surface area contributed by atoms with Gasteiger partial charge in [-0.15, -0.1) is 0 Å². The molecule has 1 aromatic rings. The zero-order valence-electron chi connectivity index (χ0n) is 14.9. The van der Waals surface area contributed by atoms with Gasteiger partial charge in [0.25, 0.3) is 5.91 Å². The van der Waals surface area contributed by atoms with Crippen LogP contribution in [-0.2, 0) is 4.79 Å². The number of hydrogen-bond acceptors (Lipinski definition) is 3. The molecule has 0 bridgehead atoms. The fraction of sp³-hybridized carbons (Fsp3) is 0.579. The second-order valence-electron chi connectivity index (χ2n) is 7.55. The average molecular weight is 331 g/mol. The van der Waals surface area contributed by atoms with E-state index in [1.165, 1.54) is 19.3 Å². The van der Waals surface area contributed by atoms with Crippen LogP contribution in [0.3, 0.4) is 0 Å². The first-order valence-electron chi connectivity index (χ1n) is 8.79. The quantitative estimate of drug-likeness (QED) is 0.776. The summed E-state index contributed by atoms with van der Waals surface area (Å²) >= 11 is 0. The smallest absolute Gasteiger partial charge is 0.251 e. The molecule has 0 radical (unpaired) electrons. The largest absolute Gasteiger partial charge is 0.347 e. The van der Waals surface area contributed by atoms with Crippen molar-refractivity contribution in [1.29, 1.82) is 0 Å². The van der Waals surface area contributed by atoms with Crippen LogP contribution in [-0.4, -0.2) is 29.9 Å². The van der Waals surface area contributed by atoms with Crippen LogP contribution < -0.4 is 16.0 Å². The molecule has 1 aliphatic rings. The molecule has 1 aromatic carbocycles. The lowest BCUT2D eigenvalue weighted by Crippen LogP contribution is -2.40. The number of rotatable bonds is 5. The summed E-state index contributed by atoms with van der Waals surface area (Å²) in [6.07, 6.45) is 6.08. The van der Waals surface area contributed by atoms with Crippen LogP contribution in [0.5, 0.6) is 0 Å². The number of nitrogens with one attached hydrogen (secondary N) is 3. The van der Waals surface area contributed by atoms with Crippen LogP contribution >= 0.6 is 0 Å². The molecule has 1 aliphatic carbocycles. The zero-order chi connectivity index (χ0) is 17.6. The van der Waals surface area contributed by atoms with Gasteiger partial charge >= 0.3 is 0 Å². The fourth-order valence-electron chi connectivity index (χ4n) is 2.90. The third kappa shape index (κ3) is 6.32. The van der Waals surface area contributed by atoms with Crippen molar-refractivity contribution >= 4 is 17.5 Å². The Morgan fingerprint density at radius 2 is 1.83 bits per heavy atom. The number of carbonyl (C=O) groups is 2. The van der Waals surface area contributed by atoms with E-state index in [2.05, 4.69) is 16.0 Å². The third-order valence-electron chi connectivity index (χ3n) is 4.05. The van der Waals surface area contributed by atoms with E-state index in [9.17, 15) is 9.59 Å². The van der Waals surface area contributed by atoms with Gasteiger partial charge in [0.2, 0.25) is 5.91 Å². The number of benzene rings is 1. The Balaban J connectivity index is 1.86. The number of amides is 2. The van der Waals surface area contributed by atoms with Crippen molar-refractivity contribution in [3.8, 4) is 0 Å². The van der Waals surface area contributed by atoms with E-state index in [1.54, 1.807) is 24.3 Å². The second-order valence-corrected chi connectivity index (χ2v) is 7.55. The molecule has 1 fully saturated rings. The maximum Gasteiger partial charge on any atom is 0.251 e. The lowest BCUT2D eigenvalue weighted by molar-refractivity contribution is -0.115. The van der Waals surface area contributed by atoms with Crippen LogP contribution in [0.1, 0.15) is 63.2 Å². The topological polar surface area (TPSA) is 70.2 Å². The molecule has 3 N–H and O–H groups in total. The van der Waals surface area contributed by atoms with Gasteiger partial charge in [0, 0.05) is 22.8 Å². The molecular formula is C19H29N3O2. The molecule has 2 amide bonds. The molecule has 1 saturated carbocycles. The van der Waals surface area contributed by atoms with Crippen molar-refractivity contribution in [3.05, 3.63) is 29.8 Å². The Bertz CT molecular complexity index is 572. The second kappa shape index (κ2) is 8.29. The summed E-state index contributed by atoms with van der Waals surface area (Å²) in [5.74, 6) is -0.215. The van der Waals surface area contributed by atoms with Gasteiger partial charge < -0.3 is 16.0 Å². The van der Waals surface area contributed by atoms with E-state index < -0.39 is 0 Å². The number of carbonyl (C=O) groups excluding carboxylic acids is 2. The summed E-state index contributed by atoms with van der Waals surface area (Å²) in [5.41, 5.74) is 0.898. The minimum absolute atomic E-state index is 0.0750. The molecule has 0 spiro atoms. The Morgan fingerprint density at radius 1 is 1.12 bits per heavy atom. The summed E-state index contributed by atoms with van der Waals surface area (Å²) < 4.78 is 0.